The molecule has 18 heavy (non-hydrogen) atoms. The maximum absolute atomic E-state index is 5.93. The van der Waals surface area contributed by atoms with Gasteiger partial charge in [0.25, 0.3) is 0 Å². The summed E-state index contributed by atoms with van der Waals surface area (Å²) in [5.74, 6) is 0.874. The Morgan fingerprint density at radius 1 is 1.28 bits per heavy atom. The van der Waals surface area contributed by atoms with E-state index in [9.17, 15) is 0 Å². The van der Waals surface area contributed by atoms with Crippen molar-refractivity contribution < 1.29 is 4.74 Å². The molecule has 1 aromatic carbocycles. The second-order valence-electron chi connectivity index (χ2n) is 4.53. The Hall–Kier alpha value is -1.61. The van der Waals surface area contributed by atoms with Gasteiger partial charge in [-0.3, -0.25) is 4.98 Å². The number of hydrogen-bond acceptors (Lipinski definition) is 3. The third-order valence-electron chi connectivity index (χ3n) is 3.13. The lowest BCUT2D eigenvalue weighted by atomic mass is 10.2. The molecule has 0 spiro atoms. The van der Waals surface area contributed by atoms with E-state index in [1.54, 1.807) is 6.20 Å². The smallest absolute Gasteiger partial charge is 0.121 e. The second kappa shape index (κ2) is 5.83. The summed E-state index contributed by atoms with van der Waals surface area (Å²) < 4.78 is 5.93. The van der Waals surface area contributed by atoms with Crippen LogP contribution in [0.1, 0.15) is 20.8 Å². The fourth-order valence-electron chi connectivity index (χ4n) is 1.92. The Balaban J connectivity index is 2.12. The first-order valence-electron chi connectivity index (χ1n) is 6.45. The standard InChI is InChI=1S/C15H20N2O/c1-4-16-11(2)12(3)18-14-8-7-13-6-5-9-17-15(13)10-14/h5-12,16H,4H2,1-3H3. The summed E-state index contributed by atoms with van der Waals surface area (Å²) in [5.41, 5.74) is 0.971. The first-order chi connectivity index (χ1) is 8.70. The van der Waals surface area contributed by atoms with Gasteiger partial charge in [0.15, 0.2) is 0 Å². The lowest BCUT2D eigenvalue weighted by Crippen LogP contribution is -2.38. The lowest BCUT2D eigenvalue weighted by molar-refractivity contribution is 0.179. The highest BCUT2D eigenvalue weighted by Crippen LogP contribution is 2.20. The molecule has 0 saturated heterocycles. The van der Waals surface area contributed by atoms with Gasteiger partial charge in [0.05, 0.1) is 5.52 Å². The van der Waals surface area contributed by atoms with Crippen molar-refractivity contribution in [1.82, 2.24) is 10.3 Å². The number of ether oxygens (including phenoxy) is 1. The molecule has 1 aromatic heterocycles. The SMILES string of the molecule is CCNC(C)C(C)Oc1ccc2cccnc2c1. The van der Waals surface area contributed by atoms with Crippen molar-refractivity contribution in [2.24, 2.45) is 0 Å². The van der Waals surface area contributed by atoms with Crippen molar-refractivity contribution in [2.75, 3.05) is 6.54 Å². The summed E-state index contributed by atoms with van der Waals surface area (Å²) in [4.78, 5) is 4.33. The van der Waals surface area contributed by atoms with Gasteiger partial charge in [-0.25, -0.2) is 0 Å². The molecule has 0 amide bonds. The van der Waals surface area contributed by atoms with Crippen molar-refractivity contribution in [3.63, 3.8) is 0 Å². The van der Waals surface area contributed by atoms with Crippen molar-refractivity contribution >= 4 is 10.9 Å². The fourth-order valence-corrected chi connectivity index (χ4v) is 1.92. The molecule has 0 aliphatic carbocycles. The molecule has 1 heterocycles. The van der Waals surface area contributed by atoms with E-state index < -0.39 is 0 Å². The van der Waals surface area contributed by atoms with Gasteiger partial charge in [-0.15, -0.1) is 0 Å². The number of likely N-dealkylation sites (N-methyl/N-ethyl adjacent to an activating group) is 1. The summed E-state index contributed by atoms with van der Waals surface area (Å²) in [7, 11) is 0. The van der Waals surface area contributed by atoms with Crippen molar-refractivity contribution in [3.05, 3.63) is 36.5 Å². The largest absolute Gasteiger partial charge is 0.489 e. The molecule has 0 aliphatic heterocycles. The molecule has 0 radical (unpaired) electrons. The number of nitrogens with one attached hydrogen (secondary N) is 1. The number of nitrogens with zero attached hydrogens (tertiary/aromatic N) is 1. The summed E-state index contributed by atoms with van der Waals surface area (Å²) in [6.07, 6.45) is 1.93. The average molecular weight is 244 g/mol. The van der Waals surface area contributed by atoms with Crippen LogP contribution in [0.2, 0.25) is 0 Å². The number of benzene rings is 1. The van der Waals surface area contributed by atoms with E-state index in [-0.39, 0.29) is 6.10 Å². The molecule has 0 aliphatic rings. The second-order valence-corrected chi connectivity index (χ2v) is 4.53. The zero-order chi connectivity index (χ0) is 13.0. The van der Waals surface area contributed by atoms with Gasteiger partial charge >= 0.3 is 0 Å². The van der Waals surface area contributed by atoms with E-state index in [0.29, 0.717) is 6.04 Å². The highest BCUT2D eigenvalue weighted by Gasteiger charge is 2.12. The Bertz CT molecular complexity index is 513. The first kappa shape index (κ1) is 12.8. The van der Waals surface area contributed by atoms with Crippen molar-refractivity contribution in [1.29, 1.82) is 0 Å². The number of fused-ring (bicyclic) bond motifs is 1. The lowest BCUT2D eigenvalue weighted by Gasteiger charge is -2.22. The highest BCUT2D eigenvalue weighted by molar-refractivity contribution is 5.79. The zero-order valence-electron chi connectivity index (χ0n) is 11.2. The zero-order valence-corrected chi connectivity index (χ0v) is 11.2. The van der Waals surface area contributed by atoms with E-state index in [1.165, 1.54) is 0 Å². The van der Waals surface area contributed by atoms with Gasteiger partial charge in [-0.1, -0.05) is 13.0 Å². The van der Waals surface area contributed by atoms with Gasteiger partial charge in [-0.2, -0.15) is 0 Å². The van der Waals surface area contributed by atoms with E-state index in [1.807, 2.05) is 24.3 Å². The molecular formula is C15H20N2O. The fraction of sp³-hybridized carbons (Fsp3) is 0.400. The topological polar surface area (TPSA) is 34.1 Å². The van der Waals surface area contributed by atoms with Crippen LogP contribution in [0.15, 0.2) is 36.5 Å². The van der Waals surface area contributed by atoms with Gasteiger partial charge < -0.3 is 10.1 Å². The molecule has 0 fully saturated rings. The minimum absolute atomic E-state index is 0.131. The van der Waals surface area contributed by atoms with Crippen molar-refractivity contribution in [3.8, 4) is 5.75 Å². The number of aromatic nitrogens is 1. The third kappa shape index (κ3) is 2.99. The maximum atomic E-state index is 5.93. The number of pyridine rings is 1. The molecule has 3 nitrogen and oxygen atoms in total. The Kier molecular flexibility index (Phi) is 4.15. The van der Waals surface area contributed by atoms with Crippen LogP contribution in [0.25, 0.3) is 10.9 Å². The monoisotopic (exact) mass is 244 g/mol. The van der Waals surface area contributed by atoms with E-state index >= 15 is 0 Å². The predicted octanol–water partition coefficient (Wildman–Crippen LogP) is 3.00. The van der Waals surface area contributed by atoms with E-state index in [0.717, 1.165) is 23.2 Å². The predicted molar refractivity (Wildman–Crippen MR) is 75.0 cm³/mol. The summed E-state index contributed by atoms with van der Waals surface area (Å²) >= 11 is 0. The first-order valence-corrected chi connectivity index (χ1v) is 6.45. The molecular weight excluding hydrogens is 224 g/mol. The highest BCUT2D eigenvalue weighted by atomic mass is 16.5. The molecule has 3 heteroatoms. The molecule has 96 valence electrons. The molecule has 2 unspecified atom stereocenters. The Morgan fingerprint density at radius 2 is 2.11 bits per heavy atom. The average Bonchev–Trinajstić information content (AvgIpc) is 2.39. The van der Waals surface area contributed by atoms with E-state index in [2.05, 4.69) is 37.1 Å². The summed E-state index contributed by atoms with van der Waals surface area (Å²) in [6.45, 7) is 7.26. The summed E-state index contributed by atoms with van der Waals surface area (Å²) in [6, 6.07) is 10.4. The summed E-state index contributed by atoms with van der Waals surface area (Å²) in [5, 5.41) is 4.50. The Morgan fingerprint density at radius 3 is 2.89 bits per heavy atom. The minimum atomic E-state index is 0.131. The quantitative estimate of drug-likeness (QED) is 0.878. The molecule has 2 aromatic rings. The van der Waals surface area contributed by atoms with Crippen molar-refractivity contribution in [2.45, 2.75) is 32.9 Å². The molecule has 2 rings (SSSR count). The number of hydrogen-bond donors (Lipinski definition) is 1. The van der Waals surface area contributed by atoms with Crippen LogP contribution in [-0.2, 0) is 0 Å². The van der Waals surface area contributed by atoms with Crippen LogP contribution in [-0.4, -0.2) is 23.7 Å². The van der Waals surface area contributed by atoms with Crippen LogP contribution in [0.3, 0.4) is 0 Å². The van der Waals surface area contributed by atoms with Gasteiger partial charge in [0.1, 0.15) is 11.9 Å². The van der Waals surface area contributed by atoms with Crippen LogP contribution in [0.4, 0.5) is 0 Å². The van der Waals surface area contributed by atoms with Crippen LogP contribution >= 0.6 is 0 Å². The normalized spacial score (nSPS) is 14.4. The molecule has 0 saturated carbocycles. The van der Waals surface area contributed by atoms with Crippen LogP contribution in [0, 0.1) is 0 Å². The maximum Gasteiger partial charge on any atom is 0.121 e. The molecule has 1 N–H and O–H groups in total. The van der Waals surface area contributed by atoms with E-state index in [4.69, 9.17) is 4.74 Å². The number of rotatable bonds is 5. The molecule has 0 bridgehead atoms. The third-order valence-corrected chi connectivity index (χ3v) is 3.13. The van der Waals surface area contributed by atoms with Crippen LogP contribution < -0.4 is 10.1 Å². The van der Waals surface area contributed by atoms with Gasteiger partial charge in [0, 0.05) is 23.7 Å². The Labute approximate surface area is 108 Å². The van der Waals surface area contributed by atoms with Gasteiger partial charge in [-0.05, 0) is 38.6 Å². The molecule has 2 atom stereocenters. The van der Waals surface area contributed by atoms with Gasteiger partial charge in [0.2, 0.25) is 0 Å². The van der Waals surface area contributed by atoms with Crippen LogP contribution in [0.5, 0.6) is 5.75 Å². The minimum Gasteiger partial charge on any atom is -0.489 e.